The number of rotatable bonds is 2. The lowest BCUT2D eigenvalue weighted by atomic mass is 9.76. The molecule has 2 fully saturated rings. The molecule has 5 rings (SSSR count). The Morgan fingerprint density at radius 3 is 2.46 bits per heavy atom. The zero-order valence-electron chi connectivity index (χ0n) is 15.8. The maximum atomic E-state index is 13.3. The fourth-order valence-electron chi connectivity index (χ4n) is 5.28. The van der Waals surface area contributed by atoms with E-state index in [-0.39, 0.29) is 23.8 Å². The highest BCUT2D eigenvalue weighted by Crippen LogP contribution is 2.48. The monoisotopic (exact) mass is 376 g/mol. The lowest BCUT2D eigenvalue weighted by Crippen LogP contribution is -2.99. The minimum Gasteiger partial charge on any atom is -0.326 e. The predicted octanol–water partition coefficient (Wildman–Crippen LogP) is 0.528. The van der Waals surface area contributed by atoms with Crippen LogP contribution in [0.25, 0.3) is 0 Å². The molecule has 28 heavy (non-hydrogen) atoms. The van der Waals surface area contributed by atoms with Crippen molar-refractivity contribution >= 4 is 23.4 Å². The summed E-state index contributed by atoms with van der Waals surface area (Å²) in [4.78, 5) is 38.7. The topological polar surface area (TPSA) is 91.9 Å². The van der Waals surface area contributed by atoms with E-state index in [0.717, 1.165) is 27.9 Å². The third-order valence-electron chi connectivity index (χ3n) is 6.73. The Morgan fingerprint density at radius 2 is 1.71 bits per heavy atom. The summed E-state index contributed by atoms with van der Waals surface area (Å²) >= 11 is 0. The average molecular weight is 376 g/mol. The number of quaternary nitrogens is 1. The highest BCUT2D eigenvalue weighted by atomic mass is 16.2. The lowest BCUT2D eigenvalue weighted by Gasteiger charge is -2.24. The Bertz CT molecular complexity index is 1030. The molecule has 4 atom stereocenters. The van der Waals surface area contributed by atoms with Crippen LogP contribution in [0.1, 0.15) is 22.3 Å². The summed E-state index contributed by atoms with van der Waals surface area (Å²) in [6, 6.07) is 13.6. The first-order valence-corrected chi connectivity index (χ1v) is 9.60. The summed E-state index contributed by atoms with van der Waals surface area (Å²) in [6.07, 6.45) is 0.623. The van der Waals surface area contributed by atoms with E-state index < -0.39 is 17.4 Å². The van der Waals surface area contributed by atoms with Crippen molar-refractivity contribution in [3.8, 4) is 0 Å². The Kier molecular flexibility index (Phi) is 3.52. The van der Waals surface area contributed by atoms with Crippen LogP contribution in [0.2, 0.25) is 0 Å². The fraction of sp³-hybridized carbons (Fsp3) is 0.318. The van der Waals surface area contributed by atoms with E-state index in [1.54, 1.807) is 0 Å². The quantitative estimate of drug-likeness (QED) is 0.668. The van der Waals surface area contributed by atoms with Crippen molar-refractivity contribution in [1.82, 2.24) is 5.32 Å². The molecule has 1 spiro atoms. The summed E-state index contributed by atoms with van der Waals surface area (Å²) in [5.74, 6) is -2.04. The maximum absolute atomic E-state index is 13.3. The second-order valence-corrected chi connectivity index (χ2v) is 8.13. The molecule has 3 amide bonds. The van der Waals surface area contributed by atoms with Gasteiger partial charge >= 0.3 is 0 Å². The van der Waals surface area contributed by atoms with E-state index in [9.17, 15) is 14.4 Å². The molecule has 142 valence electrons. The molecule has 0 aliphatic carbocycles. The number of hydrogen-bond donors (Lipinski definition) is 3. The predicted molar refractivity (Wildman–Crippen MR) is 102 cm³/mol. The van der Waals surface area contributed by atoms with E-state index >= 15 is 0 Å². The number of hydrogen-bond acceptors (Lipinski definition) is 3. The minimum atomic E-state index is -1.09. The molecule has 0 saturated carbocycles. The van der Waals surface area contributed by atoms with Gasteiger partial charge in [-0.2, -0.15) is 0 Å². The zero-order valence-corrected chi connectivity index (χ0v) is 15.8. The minimum absolute atomic E-state index is 0.183. The summed E-state index contributed by atoms with van der Waals surface area (Å²) in [7, 11) is 0. The highest BCUT2D eigenvalue weighted by molar-refractivity contribution is 6.14. The first-order chi connectivity index (χ1) is 13.4. The molecule has 4 N–H and O–H groups in total. The van der Waals surface area contributed by atoms with E-state index in [2.05, 4.69) is 10.6 Å². The van der Waals surface area contributed by atoms with Gasteiger partial charge in [-0.25, -0.2) is 0 Å². The van der Waals surface area contributed by atoms with Gasteiger partial charge in [-0.15, -0.1) is 0 Å². The van der Waals surface area contributed by atoms with Crippen molar-refractivity contribution in [2.75, 3.05) is 5.32 Å². The van der Waals surface area contributed by atoms with Crippen molar-refractivity contribution in [2.24, 2.45) is 11.8 Å². The van der Waals surface area contributed by atoms with Crippen molar-refractivity contribution in [3.63, 3.8) is 0 Å². The number of aryl methyl sites for hydroxylation is 1. The molecule has 6 heteroatoms. The second-order valence-electron chi connectivity index (χ2n) is 8.13. The van der Waals surface area contributed by atoms with Crippen LogP contribution >= 0.6 is 0 Å². The van der Waals surface area contributed by atoms with Crippen LogP contribution < -0.4 is 16.0 Å². The van der Waals surface area contributed by atoms with Crippen molar-refractivity contribution in [3.05, 3.63) is 64.7 Å². The number of fused-ring (bicyclic) bond motifs is 4. The Morgan fingerprint density at radius 1 is 0.964 bits per heavy atom. The molecule has 0 unspecified atom stereocenters. The molecule has 0 radical (unpaired) electrons. The molecule has 3 aliphatic heterocycles. The maximum Gasteiger partial charge on any atom is 0.291 e. The first kappa shape index (κ1) is 17.1. The average Bonchev–Trinajstić information content (AvgIpc) is 3.26. The van der Waals surface area contributed by atoms with Gasteiger partial charge in [0.15, 0.2) is 0 Å². The molecule has 2 aromatic rings. The van der Waals surface area contributed by atoms with Crippen LogP contribution in [0.4, 0.5) is 5.69 Å². The fourth-order valence-corrected chi connectivity index (χ4v) is 5.28. The second kappa shape index (κ2) is 5.75. The standard InChI is InChI=1S/C22H21N3O3/c1-11-8-9-14-18(12(11)2)23-21(28)22(14)17-16(19(26)24-20(17)27)15(25-22)10-13-6-4-3-5-7-13/h3-9,15-17,25H,10H2,1-2H3,(H,23,28)(H,24,26,27)/p+1/t15-,16+,17-,22-/m0/s1. The lowest BCUT2D eigenvalue weighted by molar-refractivity contribution is -0.733. The molecule has 6 nitrogen and oxygen atoms in total. The molecule has 2 saturated heterocycles. The van der Waals surface area contributed by atoms with Crippen LogP contribution in [0.3, 0.4) is 0 Å². The van der Waals surface area contributed by atoms with Gasteiger partial charge in [0.05, 0.1) is 5.69 Å². The number of nitrogens with two attached hydrogens (primary N) is 1. The first-order valence-electron chi connectivity index (χ1n) is 9.60. The summed E-state index contributed by atoms with van der Waals surface area (Å²) in [5, 5.41) is 7.47. The number of nitrogens with one attached hydrogen (secondary N) is 2. The number of anilines is 1. The van der Waals surface area contributed by atoms with E-state index in [1.165, 1.54) is 0 Å². The Labute approximate surface area is 162 Å². The molecular formula is C22H22N3O3+. The van der Waals surface area contributed by atoms with Gasteiger partial charge in [-0.3, -0.25) is 19.7 Å². The molecule has 2 aromatic carbocycles. The summed E-state index contributed by atoms with van der Waals surface area (Å²) in [6.45, 7) is 3.97. The Balaban J connectivity index is 1.65. The molecule has 3 heterocycles. The number of amides is 3. The van der Waals surface area contributed by atoms with Gasteiger partial charge in [-0.1, -0.05) is 36.4 Å². The van der Waals surface area contributed by atoms with Gasteiger partial charge in [-0.05, 0) is 36.6 Å². The number of imide groups is 1. The molecule has 3 aliphatic rings. The van der Waals surface area contributed by atoms with Crippen molar-refractivity contribution in [2.45, 2.75) is 31.8 Å². The summed E-state index contributed by atoms with van der Waals surface area (Å²) in [5.41, 5.74) is 3.69. The summed E-state index contributed by atoms with van der Waals surface area (Å²) < 4.78 is 0. The smallest absolute Gasteiger partial charge is 0.291 e. The highest BCUT2D eigenvalue weighted by Gasteiger charge is 2.72. The normalized spacial score (nSPS) is 30.4. The number of carbonyl (C=O) groups is 3. The molecule has 0 aromatic heterocycles. The van der Waals surface area contributed by atoms with E-state index in [4.69, 9.17) is 0 Å². The van der Waals surface area contributed by atoms with Gasteiger partial charge in [0.1, 0.15) is 17.9 Å². The largest absolute Gasteiger partial charge is 0.326 e. The molecule has 0 bridgehead atoms. The van der Waals surface area contributed by atoms with Gasteiger partial charge < -0.3 is 10.6 Å². The third-order valence-corrected chi connectivity index (χ3v) is 6.73. The Hall–Kier alpha value is -2.99. The van der Waals surface area contributed by atoms with Crippen LogP contribution in [-0.2, 0) is 26.3 Å². The number of carbonyl (C=O) groups excluding carboxylic acids is 3. The van der Waals surface area contributed by atoms with Crippen LogP contribution in [-0.4, -0.2) is 23.8 Å². The van der Waals surface area contributed by atoms with Crippen LogP contribution in [0, 0.1) is 25.7 Å². The van der Waals surface area contributed by atoms with Gasteiger partial charge in [0.2, 0.25) is 17.4 Å². The van der Waals surface area contributed by atoms with Gasteiger partial charge in [0.25, 0.3) is 5.91 Å². The molecular weight excluding hydrogens is 354 g/mol. The van der Waals surface area contributed by atoms with Crippen molar-refractivity contribution in [1.29, 1.82) is 0 Å². The van der Waals surface area contributed by atoms with Crippen molar-refractivity contribution < 1.29 is 19.7 Å². The van der Waals surface area contributed by atoms with Gasteiger partial charge in [0, 0.05) is 12.0 Å². The van der Waals surface area contributed by atoms with Crippen LogP contribution in [0.5, 0.6) is 0 Å². The SMILES string of the molecule is Cc1ccc2c(c1C)NC(=O)[C@]21[NH2+][C@@H](Cc2ccccc2)[C@H]2C(=O)NC(=O)[C@H]21. The zero-order chi connectivity index (χ0) is 19.6. The van der Waals surface area contributed by atoms with E-state index in [0.29, 0.717) is 6.42 Å². The van der Waals surface area contributed by atoms with Crippen LogP contribution in [0.15, 0.2) is 42.5 Å². The third kappa shape index (κ3) is 2.09. The number of benzene rings is 2. The van der Waals surface area contributed by atoms with E-state index in [1.807, 2.05) is 61.6 Å².